The maximum absolute atomic E-state index is 10.7. The molecule has 0 rings (SSSR count). The second-order valence-electron chi connectivity index (χ2n) is 3.79. The summed E-state index contributed by atoms with van der Waals surface area (Å²) in [6.45, 7) is 7.14. The summed E-state index contributed by atoms with van der Waals surface area (Å²) in [5.74, 6) is -1.04. The molecule has 80 valence electrons. The van der Waals surface area contributed by atoms with E-state index < -0.39 is 11.4 Å². The van der Waals surface area contributed by atoms with Gasteiger partial charge in [-0.3, -0.25) is 9.59 Å². The molecule has 0 bridgehead atoms. The van der Waals surface area contributed by atoms with E-state index in [2.05, 4.69) is 11.9 Å². The number of nitrogens with one attached hydrogen (secondary N) is 1. The van der Waals surface area contributed by atoms with E-state index in [1.807, 2.05) is 0 Å². The first-order valence-corrected chi connectivity index (χ1v) is 4.54. The molecule has 0 fully saturated rings. The summed E-state index contributed by atoms with van der Waals surface area (Å²) in [6, 6.07) is 0. The predicted molar refractivity (Wildman–Crippen MR) is 53.9 cm³/mol. The standard InChI is InChI=1S/C10H17NO3/c1-4-8(12)11-7-5-6-10(2,3)9(13)14/h4H,1,5-7H2,2-3H3,(H,11,12)(H,13,14). The van der Waals surface area contributed by atoms with Gasteiger partial charge in [0.15, 0.2) is 0 Å². The van der Waals surface area contributed by atoms with Gasteiger partial charge in [0, 0.05) is 6.54 Å². The first-order valence-electron chi connectivity index (χ1n) is 4.54. The first-order chi connectivity index (χ1) is 6.40. The molecule has 0 spiro atoms. The summed E-state index contributed by atoms with van der Waals surface area (Å²) in [4.78, 5) is 21.4. The summed E-state index contributed by atoms with van der Waals surface area (Å²) >= 11 is 0. The molecule has 0 aliphatic rings. The Morgan fingerprint density at radius 1 is 1.50 bits per heavy atom. The number of carbonyl (C=O) groups excluding carboxylic acids is 1. The Morgan fingerprint density at radius 2 is 2.07 bits per heavy atom. The van der Waals surface area contributed by atoms with Crippen LogP contribution in [0.15, 0.2) is 12.7 Å². The molecule has 2 N–H and O–H groups in total. The van der Waals surface area contributed by atoms with Gasteiger partial charge in [0.2, 0.25) is 5.91 Å². The molecule has 0 saturated carbocycles. The van der Waals surface area contributed by atoms with Crippen molar-refractivity contribution in [1.29, 1.82) is 0 Å². The zero-order chi connectivity index (χ0) is 11.2. The van der Waals surface area contributed by atoms with Gasteiger partial charge in [-0.1, -0.05) is 6.58 Å². The molecule has 0 aliphatic heterocycles. The lowest BCUT2D eigenvalue weighted by molar-refractivity contribution is -0.147. The highest BCUT2D eigenvalue weighted by Gasteiger charge is 2.25. The van der Waals surface area contributed by atoms with Crippen LogP contribution in [0.2, 0.25) is 0 Å². The minimum Gasteiger partial charge on any atom is -0.481 e. The highest BCUT2D eigenvalue weighted by atomic mass is 16.4. The van der Waals surface area contributed by atoms with E-state index in [-0.39, 0.29) is 5.91 Å². The third-order valence-electron chi connectivity index (χ3n) is 2.04. The van der Waals surface area contributed by atoms with Crippen molar-refractivity contribution in [1.82, 2.24) is 5.32 Å². The van der Waals surface area contributed by atoms with Gasteiger partial charge < -0.3 is 10.4 Å². The molecule has 14 heavy (non-hydrogen) atoms. The summed E-state index contributed by atoms with van der Waals surface area (Å²) in [7, 11) is 0. The summed E-state index contributed by atoms with van der Waals surface area (Å²) in [5.41, 5.74) is -0.723. The first kappa shape index (κ1) is 12.7. The van der Waals surface area contributed by atoms with Gasteiger partial charge in [-0.25, -0.2) is 0 Å². The average Bonchev–Trinajstić information content (AvgIpc) is 2.11. The zero-order valence-electron chi connectivity index (χ0n) is 8.67. The van der Waals surface area contributed by atoms with Crippen LogP contribution >= 0.6 is 0 Å². The Bertz CT molecular complexity index is 234. The molecule has 0 aliphatic carbocycles. The van der Waals surface area contributed by atoms with Crippen molar-refractivity contribution in [3.05, 3.63) is 12.7 Å². The fourth-order valence-electron chi connectivity index (χ4n) is 0.921. The molecule has 0 radical (unpaired) electrons. The normalized spacial score (nSPS) is 10.7. The van der Waals surface area contributed by atoms with Crippen molar-refractivity contribution in [2.45, 2.75) is 26.7 Å². The quantitative estimate of drug-likeness (QED) is 0.498. The van der Waals surface area contributed by atoms with E-state index in [1.54, 1.807) is 13.8 Å². The van der Waals surface area contributed by atoms with Crippen LogP contribution in [0.3, 0.4) is 0 Å². The van der Waals surface area contributed by atoms with E-state index >= 15 is 0 Å². The zero-order valence-corrected chi connectivity index (χ0v) is 8.67. The van der Waals surface area contributed by atoms with Crippen LogP contribution in [0.5, 0.6) is 0 Å². The Balaban J connectivity index is 3.69. The molecule has 0 unspecified atom stereocenters. The summed E-state index contributed by atoms with van der Waals surface area (Å²) < 4.78 is 0. The van der Waals surface area contributed by atoms with E-state index in [0.717, 1.165) is 0 Å². The van der Waals surface area contributed by atoms with Gasteiger partial charge in [0.05, 0.1) is 5.41 Å². The molecule has 0 aromatic heterocycles. The number of aliphatic carboxylic acids is 1. The van der Waals surface area contributed by atoms with Gasteiger partial charge in [0.25, 0.3) is 0 Å². The number of carboxylic acid groups (broad SMARTS) is 1. The number of hydrogen-bond donors (Lipinski definition) is 2. The molecular weight excluding hydrogens is 182 g/mol. The Morgan fingerprint density at radius 3 is 2.50 bits per heavy atom. The maximum Gasteiger partial charge on any atom is 0.309 e. The molecule has 4 heteroatoms. The smallest absolute Gasteiger partial charge is 0.309 e. The van der Waals surface area contributed by atoms with E-state index in [1.165, 1.54) is 6.08 Å². The lowest BCUT2D eigenvalue weighted by Gasteiger charge is -2.18. The lowest BCUT2D eigenvalue weighted by Crippen LogP contribution is -2.27. The highest BCUT2D eigenvalue weighted by molar-refractivity contribution is 5.86. The minimum atomic E-state index is -0.812. The molecular formula is C10H17NO3. The number of hydrogen-bond acceptors (Lipinski definition) is 2. The fourth-order valence-corrected chi connectivity index (χ4v) is 0.921. The van der Waals surface area contributed by atoms with Crippen molar-refractivity contribution in [3.63, 3.8) is 0 Å². The number of amides is 1. The second-order valence-corrected chi connectivity index (χ2v) is 3.79. The molecule has 0 atom stereocenters. The second kappa shape index (κ2) is 5.42. The monoisotopic (exact) mass is 199 g/mol. The SMILES string of the molecule is C=CC(=O)NCCCC(C)(C)C(=O)O. The average molecular weight is 199 g/mol. The molecule has 0 aromatic rings. The topological polar surface area (TPSA) is 66.4 Å². The molecule has 4 nitrogen and oxygen atoms in total. The number of rotatable bonds is 6. The van der Waals surface area contributed by atoms with Crippen LogP contribution in [0.25, 0.3) is 0 Å². The van der Waals surface area contributed by atoms with Gasteiger partial charge in [-0.05, 0) is 32.8 Å². The van der Waals surface area contributed by atoms with Crippen LogP contribution in [-0.4, -0.2) is 23.5 Å². The highest BCUT2D eigenvalue weighted by Crippen LogP contribution is 2.21. The Labute approximate surface area is 84.0 Å². The molecule has 0 heterocycles. The largest absolute Gasteiger partial charge is 0.481 e. The summed E-state index contributed by atoms with van der Waals surface area (Å²) in [5, 5.41) is 11.4. The summed E-state index contributed by atoms with van der Waals surface area (Å²) in [6.07, 6.45) is 2.39. The molecule has 1 amide bonds. The van der Waals surface area contributed by atoms with Gasteiger partial charge in [0.1, 0.15) is 0 Å². The molecule has 0 saturated heterocycles. The van der Waals surface area contributed by atoms with Crippen LogP contribution in [-0.2, 0) is 9.59 Å². The van der Waals surface area contributed by atoms with Crippen molar-refractivity contribution < 1.29 is 14.7 Å². The van der Waals surface area contributed by atoms with E-state index in [0.29, 0.717) is 19.4 Å². The fraction of sp³-hybridized carbons (Fsp3) is 0.600. The van der Waals surface area contributed by atoms with Crippen LogP contribution < -0.4 is 5.32 Å². The minimum absolute atomic E-state index is 0.224. The van der Waals surface area contributed by atoms with Crippen molar-refractivity contribution in [3.8, 4) is 0 Å². The van der Waals surface area contributed by atoms with E-state index in [4.69, 9.17) is 5.11 Å². The van der Waals surface area contributed by atoms with Gasteiger partial charge in [-0.15, -0.1) is 0 Å². The number of carbonyl (C=O) groups is 2. The Kier molecular flexibility index (Phi) is 4.91. The van der Waals surface area contributed by atoms with Crippen LogP contribution in [0, 0.1) is 5.41 Å². The third kappa shape index (κ3) is 4.64. The Hall–Kier alpha value is -1.32. The number of carboxylic acids is 1. The maximum atomic E-state index is 10.7. The van der Waals surface area contributed by atoms with Crippen molar-refractivity contribution >= 4 is 11.9 Å². The van der Waals surface area contributed by atoms with E-state index in [9.17, 15) is 9.59 Å². The van der Waals surface area contributed by atoms with Crippen molar-refractivity contribution in [2.75, 3.05) is 6.54 Å². The van der Waals surface area contributed by atoms with Gasteiger partial charge >= 0.3 is 5.97 Å². The lowest BCUT2D eigenvalue weighted by atomic mass is 9.88. The molecule has 0 aromatic carbocycles. The van der Waals surface area contributed by atoms with Crippen LogP contribution in [0.4, 0.5) is 0 Å². The predicted octanol–water partition coefficient (Wildman–Crippen LogP) is 1.18. The van der Waals surface area contributed by atoms with Crippen LogP contribution in [0.1, 0.15) is 26.7 Å². The van der Waals surface area contributed by atoms with Crippen molar-refractivity contribution in [2.24, 2.45) is 5.41 Å². The van der Waals surface area contributed by atoms with Gasteiger partial charge in [-0.2, -0.15) is 0 Å². The third-order valence-corrected chi connectivity index (χ3v) is 2.04.